The average Bonchev–Trinajstić information content (AvgIpc) is 2.63. The summed E-state index contributed by atoms with van der Waals surface area (Å²) >= 11 is 0. The molecule has 1 aromatic carbocycles. The minimum Gasteiger partial charge on any atom is -0.366 e. The van der Waals surface area contributed by atoms with Crippen molar-refractivity contribution in [2.75, 3.05) is 31.1 Å². The number of para-hydroxylation sites is 1. The first-order valence-corrected chi connectivity index (χ1v) is 8.30. The summed E-state index contributed by atoms with van der Waals surface area (Å²) in [6.07, 6.45) is -3.94. The molecule has 2 aromatic rings. The fourth-order valence-corrected chi connectivity index (χ4v) is 2.97. The molecule has 1 aromatic heterocycles. The van der Waals surface area contributed by atoms with E-state index >= 15 is 0 Å². The van der Waals surface area contributed by atoms with Crippen molar-refractivity contribution >= 4 is 11.6 Å². The summed E-state index contributed by atoms with van der Waals surface area (Å²) in [5, 5.41) is 0. The summed E-state index contributed by atoms with van der Waals surface area (Å²) < 4.78 is 52.9. The van der Waals surface area contributed by atoms with Gasteiger partial charge in [-0.05, 0) is 18.2 Å². The van der Waals surface area contributed by atoms with Crippen LogP contribution in [0.3, 0.4) is 0 Å². The number of benzene rings is 1. The van der Waals surface area contributed by atoms with Crippen molar-refractivity contribution in [1.82, 2.24) is 9.47 Å². The van der Waals surface area contributed by atoms with E-state index in [1.165, 1.54) is 11.0 Å². The lowest BCUT2D eigenvalue weighted by Crippen LogP contribution is -2.50. The number of pyridine rings is 1. The molecular weight excluding hydrogens is 366 g/mol. The van der Waals surface area contributed by atoms with Gasteiger partial charge in [0.05, 0.1) is 11.3 Å². The van der Waals surface area contributed by atoms with E-state index in [0.717, 1.165) is 10.6 Å². The SMILES string of the molecule is O=C(Cn1cc(C(F)(F)F)ccc1=O)N1CCN(c2ccccc2F)CC1. The molecule has 1 amide bonds. The van der Waals surface area contributed by atoms with Crippen molar-refractivity contribution in [2.24, 2.45) is 0 Å². The van der Waals surface area contributed by atoms with Gasteiger partial charge in [-0.2, -0.15) is 13.2 Å². The quantitative estimate of drug-likeness (QED) is 0.765. The summed E-state index contributed by atoms with van der Waals surface area (Å²) in [5.41, 5.74) is -1.22. The molecule has 3 rings (SSSR count). The van der Waals surface area contributed by atoms with Gasteiger partial charge in [0, 0.05) is 38.4 Å². The maximum atomic E-state index is 13.8. The van der Waals surface area contributed by atoms with Crippen LogP contribution in [0.25, 0.3) is 0 Å². The highest BCUT2D eigenvalue weighted by atomic mass is 19.4. The average molecular weight is 383 g/mol. The van der Waals surface area contributed by atoms with Crippen molar-refractivity contribution in [2.45, 2.75) is 12.7 Å². The Balaban J connectivity index is 1.65. The zero-order valence-electron chi connectivity index (χ0n) is 14.2. The number of rotatable bonds is 3. The number of nitrogens with zero attached hydrogens (tertiary/aromatic N) is 3. The summed E-state index contributed by atoms with van der Waals surface area (Å²) in [6, 6.07) is 7.80. The molecule has 0 aliphatic carbocycles. The highest BCUT2D eigenvalue weighted by Gasteiger charge is 2.31. The third-order valence-electron chi connectivity index (χ3n) is 4.44. The molecule has 1 saturated heterocycles. The lowest BCUT2D eigenvalue weighted by atomic mass is 10.2. The van der Waals surface area contributed by atoms with E-state index in [-0.39, 0.29) is 5.82 Å². The van der Waals surface area contributed by atoms with Gasteiger partial charge in [0.15, 0.2) is 0 Å². The summed E-state index contributed by atoms with van der Waals surface area (Å²) in [7, 11) is 0. The first-order valence-electron chi connectivity index (χ1n) is 8.30. The Kier molecular flexibility index (Phi) is 5.20. The highest BCUT2D eigenvalue weighted by Crippen LogP contribution is 2.28. The number of alkyl halides is 3. The van der Waals surface area contributed by atoms with E-state index in [1.54, 1.807) is 23.1 Å². The van der Waals surface area contributed by atoms with Gasteiger partial charge in [-0.25, -0.2) is 4.39 Å². The Morgan fingerprint density at radius 2 is 1.67 bits per heavy atom. The van der Waals surface area contributed by atoms with Crippen LogP contribution in [-0.2, 0) is 17.5 Å². The molecule has 1 fully saturated rings. The number of carbonyl (C=O) groups is 1. The second-order valence-corrected chi connectivity index (χ2v) is 6.20. The van der Waals surface area contributed by atoms with Gasteiger partial charge in [-0.1, -0.05) is 12.1 Å². The zero-order valence-corrected chi connectivity index (χ0v) is 14.2. The molecule has 1 aliphatic heterocycles. The van der Waals surface area contributed by atoms with Crippen molar-refractivity contribution in [3.63, 3.8) is 0 Å². The smallest absolute Gasteiger partial charge is 0.366 e. The van der Waals surface area contributed by atoms with E-state index < -0.39 is 29.8 Å². The minimum atomic E-state index is -4.59. The van der Waals surface area contributed by atoms with Crippen LogP contribution in [-0.4, -0.2) is 41.6 Å². The Labute approximate surface area is 152 Å². The summed E-state index contributed by atoms with van der Waals surface area (Å²) in [6.45, 7) is 0.901. The topological polar surface area (TPSA) is 45.6 Å². The maximum absolute atomic E-state index is 13.8. The first kappa shape index (κ1) is 18.9. The molecule has 0 N–H and O–H groups in total. The Bertz CT molecular complexity index is 887. The first-order chi connectivity index (χ1) is 12.8. The van der Waals surface area contributed by atoms with Gasteiger partial charge in [0.2, 0.25) is 5.91 Å². The van der Waals surface area contributed by atoms with Crippen LogP contribution in [0, 0.1) is 5.82 Å². The molecule has 5 nitrogen and oxygen atoms in total. The number of hydrogen-bond acceptors (Lipinski definition) is 3. The highest BCUT2D eigenvalue weighted by molar-refractivity contribution is 5.76. The van der Waals surface area contributed by atoms with E-state index in [9.17, 15) is 27.2 Å². The summed E-state index contributed by atoms with van der Waals surface area (Å²) in [5.74, 6) is -0.808. The molecule has 27 heavy (non-hydrogen) atoms. The van der Waals surface area contributed by atoms with E-state index in [0.29, 0.717) is 44.1 Å². The standard InChI is InChI=1S/C18H17F4N3O2/c19-14-3-1-2-4-15(14)23-7-9-24(10-8-23)17(27)12-25-11-13(18(20,21)22)5-6-16(25)26/h1-6,11H,7-10,12H2. The van der Waals surface area contributed by atoms with Gasteiger partial charge in [0.1, 0.15) is 12.4 Å². The van der Waals surface area contributed by atoms with E-state index in [4.69, 9.17) is 0 Å². The molecule has 0 bridgehead atoms. The van der Waals surface area contributed by atoms with Crippen molar-refractivity contribution in [1.29, 1.82) is 0 Å². The number of hydrogen-bond donors (Lipinski definition) is 0. The van der Waals surface area contributed by atoms with Crippen LogP contribution < -0.4 is 10.5 Å². The van der Waals surface area contributed by atoms with Crippen molar-refractivity contribution in [3.05, 3.63) is 64.3 Å². The van der Waals surface area contributed by atoms with E-state index in [2.05, 4.69) is 0 Å². The fourth-order valence-electron chi connectivity index (χ4n) is 2.97. The predicted octanol–water partition coefficient (Wildman–Crippen LogP) is 2.36. The molecule has 0 saturated carbocycles. The second kappa shape index (κ2) is 7.42. The van der Waals surface area contributed by atoms with E-state index in [1.807, 2.05) is 0 Å². The van der Waals surface area contributed by atoms with Crippen LogP contribution in [0.15, 0.2) is 47.4 Å². The third-order valence-corrected chi connectivity index (χ3v) is 4.44. The van der Waals surface area contributed by atoms with Crippen molar-refractivity contribution in [3.8, 4) is 0 Å². The van der Waals surface area contributed by atoms with Crippen LogP contribution >= 0.6 is 0 Å². The molecule has 144 valence electrons. The minimum absolute atomic E-state index is 0.293. The lowest BCUT2D eigenvalue weighted by molar-refractivity contribution is -0.138. The summed E-state index contributed by atoms with van der Waals surface area (Å²) in [4.78, 5) is 27.4. The zero-order chi connectivity index (χ0) is 19.6. The molecule has 0 atom stereocenters. The molecular formula is C18H17F4N3O2. The fraction of sp³-hybridized carbons (Fsp3) is 0.333. The second-order valence-electron chi connectivity index (χ2n) is 6.20. The van der Waals surface area contributed by atoms with Gasteiger partial charge >= 0.3 is 6.18 Å². The number of carbonyl (C=O) groups excluding carboxylic acids is 1. The van der Waals surface area contributed by atoms with Gasteiger partial charge in [-0.3, -0.25) is 9.59 Å². The molecule has 0 radical (unpaired) electrons. The van der Waals surface area contributed by atoms with Gasteiger partial charge in [0.25, 0.3) is 5.56 Å². The molecule has 2 heterocycles. The lowest BCUT2D eigenvalue weighted by Gasteiger charge is -2.36. The molecule has 1 aliphatic rings. The maximum Gasteiger partial charge on any atom is 0.417 e. The Hall–Kier alpha value is -2.84. The largest absolute Gasteiger partial charge is 0.417 e. The predicted molar refractivity (Wildman–Crippen MR) is 90.9 cm³/mol. The van der Waals surface area contributed by atoms with Crippen LogP contribution in [0.4, 0.5) is 23.2 Å². The number of amides is 1. The Morgan fingerprint density at radius 3 is 2.30 bits per heavy atom. The van der Waals surface area contributed by atoms with Crippen LogP contribution in [0.5, 0.6) is 0 Å². The van der Waals surface area contributed by atoms with Crippen LogP contribution in [0.1, 0.15) is 5.56 Å². The molecule has 9 heteroatoms. The molecule has 0 unspecified atom stereocenters. The van der Waals surface area contributed by atoms with Gasteiger partial charge in [-0.15, -0.1) is 0 Å². The molecule has 0 spiro atoms. The number of aromatic nitrogens is 1. The monoisotopic (exact) mass is 383 g/mol. The van der Waals surface area contributed by atoms with Gasteiger partial charge < -0.3 is 14.4 Å². The Morgan fingerprint density at radius 1 is 1.00 bits per heavy atom. The number of piperazine rings is 1. The van der Waals surface area contributed by atoms with Crippen LogP contribution in [0.2, 0.25) is 0 Å². The van der Waals surface area contributed by atoms with Crippen molar-refractivity contribution < 1.29 is 22.4 Å². The normalized spacial score (nSPS) is 15.1. The number of anilines is 1. The third kappa shape index (κ3) is 4.29. The number of halogens is 4.